The molecular formula is C19H20ClNO4. The number of carbonyl (C=O) groups is 2. The first-order valence-electron chi connectivity index (χ1n) is 7.84. The van der Waals surface area contributed by atoms with E-state index in [9.17, 15) is 9.59 Å². The first-order valence-corrected chi connectivity index (χ1v) is 8.22. The van der Waals surface area contributed by atoms with Gasteiger partial charge in [-0.15, -0.1) is 0 Å². The number of amides is 1. The molecule has 0 fully saturated rings. The van der Waals surface area contributed by atoms with Crippen LogP contribution in [0.2, 0.25) is 5.02 Å². The van der Waals surface area contributed by atoms with Crippen LogP contribution in [-0.4, -0.2) is 25.9 Å². The van der Waals surface area contributed by atoms with Gasteiger partial charge in [0.2, 0.25) is 5.78 Å². The summed E-state index contributed by atoms with van der Waals surface area (Å²) in [5.41, 5.74) is 1.44. The maximum Gasteiger partial charge on any atom is 0.291 e. The van der Waals surface area contributed by atoms with E-state index in [-0.39, 0.29) is 6.42 Å². The summed E-state index contributed by atoms with van der Waals surface area (Å²) in [6, 6.07) is 12.5. The Labute approximate surface area is 151 Å². The van der Waals surface area contributed by atoms with Crippen molar-refractivity contribution < 1.29 is 19.1 Å². The van der Waals surface area contributed by atoms with Gasteiger partial charge in [0.05, 0.1) is 24.9 Å². The van der Waals surface area contributed by atoms with Crippen molar-refractivity contribution in [3.63, 3.8) is 0 Å². The summed E-state index contributed by atoms with van der Waals surface area (Å²) in [5, 5.41) is 2.88. The fourth-order valence-corrected chi connectivity index (χ4v) is 2.44. The first kappa shape index (κ1) is 18.8. The fourth-order valence-electron chi connectivity index (χ4n) is 2.28. The molecule has 2 aromatic carbocycles. The van der Waals surface area contributed by atoms with E-state index in [1.165, 1.54) is 7.11 Å². The molecule has 0 aliphatic heterocycles. The zero-order valence-electron chi connectivity index (χ0n) is 14.2. The highest BCUT2D eigenvalue weighted by Gasteiger charge is 2.15. The van der Waals surface area contributed by atoms with Crippen LogP contribution in [0.25, 0.3) is 0 Å². The van der Waals surface area contributed by atoms with E-state index in [2.05, 4.69) is 5.32 Å². The van der Waals surface area contributed by atoms with Crippen molar-refractivity contribution in [3.05, 3.63) is 53.1 Å². The second kappa shape index (κ2) is 9.08. The Balaban J connectivity index is 1.84. The summed E-state index contributed by atoms with van der Waals surface area (Å²) in [7, 11) is 3.13. The van der Waals surface area contributed by atoms with E-state index in [1.807, 2.05) is 24.3 Å². The molecule has 0 aliphatic rings. The smallest absolute Gasteiger partial charge is 0.291 e. The zero-order chi connectivity index (χ0) is 18.2. The number of nitrogens with one attached hydrogen (secondary N) is 1. The van der Waals surface area contributed by atoms with E-state index in [0.717, 1.165) is 11.3 Å². The van der Waals surface area contributed by atoms with Crippen LogP contribution in [0.4, 0.5) is 5.69 Å². The minimum atomic E-state index is -0.676. The van der Waals surface area contributed by atoms with Gasteiger partial charge >= 0.3 is 0 Å². The van der Waals surface area contributed by atoms with Crippen molar-refractivity contribution in [1.82, 2.24) is 0 Å². The molecule has 6 heteroatoms. The average Bonchev–Trinajstić information content (AvgIpc) is 2.63. The van der Waals surface area contributed by atoms with Gasteiger partial charge in [0.1, 0.15) is 11.5 Å². The van der Waals surface area contributed by atoms with Crippen LogP contribution in [0.1, 0.15) is 18.4 Å². The summed E-state index contributed by atoms with van der Waals surface area (Å²) in [6.07, 6.45) is 1.47. The van der Waals surface area contributed by atoms with Crippen LogP contribution >= 0.6 is 11.6 Å². The maximum atomic E-state index is 12.0. The van der Waals surface area contributed by atoms with Crippen LogP contribution in [-0.2, 0) is 16.0 Å². The molecule has 2 rings (SSSR count). The van der Waals surface area contributed by atoms with Gasteiger partial charge in [0.25, 0.3) is 5.91 Å². The largest absolute Gasteiger partial charge is 0.497 e. The van der Waals surface area contributed by atoms with Crippen molar-refractivity contribution >= 4 is 29.0 Å². The van der Waals surface area contributed by atoms with E-state index in [1.54, 1.807) is 25.3 Å². The topological polar surface area (TPSA) is 64.6 Å². The molecule has 0 saturated heterocycles. The summed E-state index contributed by atoms with van der Waals surface area (Å²) in [4.78, 5) is 24.0. The van der Waals surface area contributed by atoms with Crippen molar-refractivity contribution in [2.24, 2.45) is 0 Å². The van der Waals surface area contributed by atoms with Crippen LogP contribution in [0, 0.1) is 0 Å². The lowest BCUT2D eigenvalue weighted by Gasteiger charge is -2.08. The van der Waals surface area contributed by atoms with E-state index < -0.39 is 11.7 Å². The highest BCUT2D eigenvalue weighted by molar-refractivity contribution is 6.42. The lowest BCUT2D eigenvalue weighted by atomic mass is 10.1. The quantitative estimate of drug-likeness (QED) is 0.724. The lowest BCUT2D eigenvalue weighted by molar-refractivity contribution is -0.134. The van der Waals surface area contributed by atoms with E-state index >= 15 is 0 Å². The van der Waals surface area contributed by atoms with Gasteiger partial charge in [-0.25, -0.2) is 0 Å². The number of benzene rings is 2. The predicted octanol–water partition coefficient (Wildman–Crippen LogP) is 3.89. The number of ketones is 1. The minimum absolute atomic E-state index is 0.166. The molecule has 0 aliphatic carbocycles. The van der Waals surface area contributed by atoms with Crippen LogP contribution in [0.3, 0.4) is 0 Å². The number of anilines is 1. The zero-order valence-corrected chi connectivity index (χ0v) is 14.9. The minimum Gasteiger partial charge on any atom is -0.497 e. The fraction of sp³-hybridized carbons (Fsp3) is 0.263. The summed E-state index contributed by atoms with van der Waals surface area (Å²) in [5.74, 6) is 0.179. The Bertz CT molecular complexity index is 744. The van der Waals surface area contributed by atoms with Gasteiger partial charge in [-0.1, -0.05) is 23.7 Å². The van der Waals surface area contributed by atoms with E-state index in [0.29, 0.717) is 29.3 Å². The third kappa shape index (κ3) is 5.50. The second-order valence-electron chi connectivity index (χ2n) is 5.42. The molecule has 0 saturated carbocycles. The number of methoxy groups -OCH3 is 2. The molecule has 2 aromatic rings. The normalized spacial score (nSPS) is 10.2. The monoisotopic (exact) mass is 361 g/mol. The summed E-state index contributed by atoms with van der Waals surface area (Å²) >= 11 is 6.02. The first-order chi connectivity index (χ1) is 12.0. The molecule has 0 heterocycles. The predicted molar refractivity (Wildman–Crippen MR) is 97.6 cm³/mol. The molecule has 1 amide bonds. The standard InChI is InChI=1S/C19H20ClNO4/c1-24-14-8-6-13(7-9-14)4-3-5-18(22)19(23)21-17-12-15(25-2)10-11-16(17)20/h6-12H,3-5H2,1-2H3,(H,21,23). The molecule has 25 heavy (non-hydrogen) atoms. The molecule has 0 aromatic heterocycles. The Morgan fingerprint density at radius 2 is 1.64 bits per heavy atom. The molecule has 0 radical (unpaired) electrons. The molecule has 132 valence electrons. The van der Waals surface area contributed by atoms with Gasteiger partial charge in [-0.05, 0) is 42.7 Å². The number of carbonyl (C=O) groups excluding carboxylic acids is 2. The number of hydrogen-bond donors (Lipinski definition) is 1. The molecule has 0 bridgehead atoms. The van der Waals surface area contributed by atoms with Crippen molar-refractivity contribution in [1.29, 1.82) is 0 Å². The van der Waals surface area contributed by atoms with Gasteiger partial charge in [-0.2, -0.15) is 0 Å². The number of ether oxygens (including phenoxy) is 2. The Hall–Kier alpha value is -2.53. The number of rotatable bonds is 8. The second-order valence-corrected chi connectivity index (χ2v) is 5.83. The molecule has 5 nitrogen and oxygen atoms in total. The third-order valence-corrected chi connectivity index (χ3v) is 4.03. The molecular weight excluding hydrogens is 342 g/mol. The van der Waals surface area contributed by atoms with Gasteiger partial charge in [0, 0.05) is 12.5 Å². The van der Waals surface area contributed by atoms with Crippen LogP contribution < -0.4 is 14.8 Å². The highest BCUT2D eigenvalue weighted by atomic mass is 35.5. The number of hydrogen-bond acceptors (Lipinski definition) is 4. The van der Waals surface area contributed by atoms with Crippen molar-refractivity contribution in [3.8, 4) is 11.5 Å². The summed E-state index contributed by atoms with van der Waals surface area (Å²) in [6.45, 7) is 0. The van der Waals surface area contributed by atoms with E-state index in [4.69, 9.17) is 21.1 Å². The lowest BCUT2D eigenvalue weighted by Crippen LogP contribution is -2.22. The highest BCUT2D eigenvalue weighted by Crippen LogP contribution is 2.26. The number of halogens is 1. The SMILES string of the molecule is COc1ccc(CCCC(=O)C(=O)Nc2cc(OC)ccc2Cl)cc1. The number of Topliss-reactive ketones (excluding diaryl/α,β-unsaturated/α-hetero) is 1. The Kier molecular flexibility index (Phi) is 6.83. The summed E-state index contributed by atoms with van der Waals surface area (Å²) < 4.78 is 10.2. The molecule has 1 N–H and O–H groups in total. The molecule has 0 unspecified atom stereocenters. The Morgan fingerprint density at radius 3 is 2.28 bits per heavy atom. The van der Waals surface area contributed by atoms with Gasteiger partial charge < -0.3 is 14.8 Å². The maximum absolute atomic E-state index is 12.0. The van der Waals surface area contributed by atoms with Crippen molar-refractivity contribution in [2.75, 3.05) is 19.5 Å². The molecule has 0 spiro atoms. The van der Waals surface area contributed by atoms with Crippen molar-refractivity contribution in [2.45, 2.75) is 19.3 Å². The third-order valence-electron chi connectivity index (χ3n) is 3.70. The molecule has 0 atom stereocenters. The number of aryl methyl sites for hydroxylation is 1. The average molecular weight is 362 g/mol. The van der Waals surface area contributed by atoms with Crippen LogP contribution in [0.15, 0.2) is 42.5 Å². The van der Waals surface area contributed by atoms with Crippen LogP contribution in [0.5, 0.6) is 11.5 Å². The van der Waals surface area contributed by atoms with Gasteiger partial charge in [0.15, 0.2) is 0 Å². The van der Waals surface area contributed by atoms with Gasteiger partial charge in [-0.3, -0.25) is 9.59 Å². The Morgan fingerprint density at radius 1 is 1.00 bits per heavy atom.